The fourth-order valence-corrected chi connectivity index (χ4v) is 3.72. The number of primary sulfonamides is 1. The molecule has 1 amide bonds. The lowest BCUT2D eigenvalue weighted by molar-refractivity contribution is -0.150. The normalized spacial score (nSPS) is 19.2. The van der Waals surface area contributed by atoms with Crippen molar-refractivity contribution in [3.8, 4) is 0 Å². The smallest absolute Gasteiger partial charge is 0.307 e. The van der Waals surface area contributed by atoms with E-state index in [0.29, 0.717) is 16.3 Å². The number of carbonyl (C=O) groups is 2. The number of fused-ring (bicyclic) bond motifs is 1. The fourth-order valence-electron chi connectivity index (χ4n) is 3.04. The molecule has 0 aromatic heterocycles. The molecule has 0 spiro atoms. The number of amides is 1. The van der Waals surface area contributed by atoms with Gasteiger partial charge >= 0.3 is 5.97 Å². The van der Waals surface area contributed by atoms with Crippen molar-refractivity contribution < 1.29 is 28.2 Å². The molecule has 1 aliphatic heterocycles. The van der Waals surface area contributed by atoms with E-state index < -0.39 is 33.9 Å². The molecular formula is C17H15ClN2O6S. The van der Waals surface area contributed by atoms with Crippen LogP contribution in [0, 0.1) is 0 Å². The maximum absolute atomic E-state index is 12.8. The van der Waals surface area contributed by atoms with Gasteiger partial charge in [-0.2, -0.15) is 0 Å². The van der Waals surface area contributed by atoms with E-state index in [1.54, 1.807) is 0 Å². The van der Waals surface area contributed by atoms with Gasteiger partial charge in [0.05, 0.1) is 23.5 Å². The number of halogens is 1. The summed E-state index contributed by atoms with van der Waals surface area (Å²) >= 11 is 5.99. The van der Waals surface area contributed by atoms with E-state index in [1.165, 1.54) is 47.4 Å². The lowest BCUT2D eigenvalue weighted by Crippen LogP contribution is -2.41. The maximum Gasteiger partial charge on any atom is 0.307 e. The summed E-state index contributed by atoms with van der Waals surface area (Å²) in [6.45, 7) is -0.0149. The van der Waals surface area contributed by atoms with Gasteiger partial charge in [-0.15, -0.1) is 0 Å². The highest BCUT2D eigenvalue weighted by molar-refractivity contribution is 7.89. The van der Waals surface area contributed by atoms with Crippen molar-refractivity contribution in [2.75, 3.05) is 4.90 Å². The first-order chi connectivity index (χ1) is 12.5. The summed E-state index contributed by atoms with van der Waals surface area (Å²) in [6.07, 6.45) is -0.790. The SMILES string of the molecule is NS(=O)(=O)c1ccc(CN2C(=O)C(O)(CC(=O)O)c3ccc(Cl)cc32)cc1. The third kappa shape index (κ3) is 3.54. The number of nitrogens with zero attached hydrogens (tertiary/aromatic N) is 1. The fraction of sp³-hybridized carbons (Fsp3) is 0.176. The van der Waals surface area contributed by atoms with E-state index in [9.17, 15) is 23.1 Å². The molecule has 1 aliphatic rings. The zero-order chi connectivity index (χ0) is 20.0. The minimum atomic E-state index is -3.85. The first kappa shape index (κ1) is 19.3. The number of carboxylic acid groups (broad SMARTS) is 1. The zero-order valence-corrected chi connectivity index (χ0v) is 15.4. The van der Waals surface area contributed by atoms with Gasteiger partial charge in [-0.3, -0.25) is 9.59 Å². The van der Waals surface area contributed by atoms with Crippen LogP contribution in [0.5, 0.6) is 0 Å². The number of aliphatic carboxylic acids is 1. The molecule has 2 aromatic carbocycles. The summed E-state index contributed by atoms with van der Waals surface area (Å²) in [5.41, 5.74) is -1.19. The number of hydrogen-bond donors (Lipinski definition) is 3. The molecule has 0 radical (unpaired) electrons. The van der Waals surface area contributed by atoms with Gasteiger partial charge < -0.3 is 15.1 Å². The van der Waals surface area contributed by atoms with Crippen LogP contribution in [0.15, 0.2) is 47.4 Å². The number of nitrogens with two attached hydrogens (primary N) is 1. The first-order valence-corrected chi connectivity index (χ1v) is 9.63. The predicted octanol–water partition coefficient (Wildman–Crippen LogP) is 1.20. The molecule has 4 N–H and O–H groups in total. The van der Waals surface area contributed by atoms with Gasteiger partial charge in [0.25, 0.3) is 5.91 Å². The number of benzene rings is 2. The topological polar surface area (TPSA) is 138 Å². The van der Waals surface area contributed by atoms with Gasteiger partial charge in [-0.05, 0) is 29.8 Å². The number of anilines is 1. The van der Waals surface area contributed by atoms with Crippen LogP contribution in [-0.4, -0.2) is 30.5 Å². The Hall–Kier alpha value is -2.46. The Morgan fingerprint density at radius 2 is 1.81 bits per heavy atom. The Morgan fingerprint density at radius 1 is 1.19 bits per heavy atom. The minimum Gasteiger partial charge on any atom is -0.481 e. The van der Waals surface area contributed by atoms with Gasteiger partial charge in [-0.25, -0.2) is 13.6 Å². The van der Waals surface area contributed by atoms with Crippen LogP contribution in [0.1, 0.15) is 17.5 Å². The second-order valence-corrected chi connectivity index (χ2v) is 8.17. The average molecular weight is 411 g/mol. The Morgan fingerprint density at radius 3 is 2.37 bits per heavy atom. The largest absolute Gasteiger partial charge is 0.481 e. The molecule has 8 nitrogen and oxygen atoms in total. The molecule has 2 aromatic rings. The summed E-state index contributed by atoms with van der Waals surface area (Å²) in [5.74, 6) is -2.12. The Labute approximate surface area is 159 Å². The van der Waals surface area contributed by atoms with Crippen molar-refractivity contribution in [1.29, 1.82) is 0 Å². The van der Waals surface area contributed by atoms with Crippen LogP contribution < -0.4 is 10.0 Å². The van der Waals surface area contributed by atoms with Crippen molar-refractivity contribution >= 4 is 39.2 Å². The maximum atomic E-state index is 12.8. The highest BCUT2D eigenvalue weighted by atomic mass is 35.5. The van der Waals surface area contributed by atoms with E-state index in [0.717, 1.165) is 0 Å². The number of carboxylic acids is 1. The van der Waals surface area contributed by atoms with Crippen LogP contribution >= 0.6 is 11.6 Å². The highest BCUT2D eigenvalue weighted by Gasteiger charge is 2.51. The highest BCUT2D eigenvalue weighted by Crippen LogP contribution is 2.44. The molecule has 0 saturated carbocycles. The van der Waals surface area contributed by atoms with Gasteiger partial charge in [0.2, 0.25) is 10.0 Å². The molecule has 0 bridgehead atoms. The Kier molecular flexibility index (Phi) is 4.73. The molecule has 1 heterocycles. The summed E-state index contributed by atoms with van der Waals surface area (Å²) in [4.78, 5) is 25.1. The third-order valence-electron chi connectivity index (χ3n) is 4.29. The van der Waals surface area contributed by atoms with Gasteiger partial charge in [0.15, 0.2) is 5.60 Å². The molecule has 3 rings (SSSR count). The van der Waals surface area contributed by atoms with Crippen LogP contribution in [0.3, 0.4) is 0 Å². The van der Waals surface area contributed by atoms with Crippen LogP contribution in [-0.2, 0) is 31.8 Å². The predicted molar refractivity (Wildman–Crippen MR) is 96.6 cm³/mol. The zero-order valence-electron chi connectivity index (χ0n) is 13.8. The first-order valence-electron chi connectivity index (χ1n) is 7.70. The van der Waals surface area contributed by atoms with Crippen molar-refractivity contribution in [2.24, 2.45) is 5.14 Å². The Balaban J connectivity index is 2.00. The second-order valence-electron chi connectivity index (χ2n) is 6.17. The number of sulfonamides is 1. The van der Waals surface area contributed by atoms with E-state index in [2.05, 4.69) is 0 Å². The Bertz CT molecular complexity index is 1040. The lowest BCUT2D eigenvalue weighted by Gasteiger charge is -2.21. The van der Waals surface area contributed by atoms with Gasteiger partial charge in [-0.1, -0.05) is 29.8 Å². The molecule has 27 heavy (non-hydrogen) atoms. The van der Waals surface area contributed by atoms with Crippen molar-refractivity contribution in [3.05, 3.63) is 58.6 Å². The number of carbonyl (C=O) groups excluding carboxylic acids is 1. The minimum absolute atomic E-state index is 0.0149. The molecule has 0 fully saturated rings. The third-order valence-corrected chi connectivity index (χ3v) is 5.46. The summed E-state index contributed by atoms with van der Waals surface area (Å²) in [7, 11) is -3.85. The van der Waals surface area contributed by atoms with Crippen LogP contribution in [0.2, 0.25) is 5.02 Å². The molecule has 0 saturated heterocycles. The standard InChI is InChI=1S/C17H15ClN2O6S/c18-11-3-6-13-14(7-11)20(16(23)17(13,24)8-15(21)22)9-10-1-4-12(5-2-10)27(19,25)26/h1-7,24H,8-9H2,(H,21,22)(H2,19,25,26). The number of aliphatic hydroxyl groups is 1. The quantitative estimate of drug-likeness (QED) is 0.677. The van der Waals surface area contributed by atoms with Crippen molar-refractivity contribution in [3.63, 3.8) is 0 Å². The molecule has 142 valence electrons. The van der Waals surface area contributed by atoms with Gasteiger partial charge in [0, 0.05) is 10.6 Å². The lowest BCUT2D eigenvalue weighted by atomic mass is 9.92. The number of rotatable bonds is 5. The van der Waals surface area contributed by atoms with Crippen LogP contribution in [0.4, 0.5) is 5.69 Å². The van der Waals surface area contributed by atoms with Crippen LogP contribution in [0.25, 0.3) is 0 Å². The molecular weight excluding hydrogens is 396 g/mol. The summed E-state index contributed by atoms with van der Waals surface area (Å²) in [5, 5.41) is 25.2. The monoisotopic (exact) mass is 410 g/mol. The molecule has 0 aliphatic carbocycles. The van der Waals surface area contributed by atoms with E-state index in [-0.39, 0.29) is 17.0 Å². The van der Waals surface area contributed by atoms with Crippen molar-refractivity contribution in [1.82, 2.24) is 0 Å². The summed E-state index contributed by atoms with van der Waals surface area (Å²) < 4.78 is 22.7. The summed E-state index contributed by atoms with van der Waals surface area (Å²) in [6, 6.07) is 9.90. The van der Waals surface area contributed by atoms with Crippen molar-refractivity contribution in [2.45, 2.75) is 23.5 Å². The van der Waals surface area contributed by atoms with Gasteiger partial charge in [0.1, 0.15) is 0 Å². The second kappa shape index (κ2) is 6.61. The number of hydrogen-bond acceptors (Lipinski definition) is 5. The van der Waals surface area contributed by atoms with E-state index in [4.69, 9.17) is 21.8 Å². The average Bonchev–Trinajstić information content (AvgIpc) is 2.75. The molecule has 10 heteroatoms. The van der Waals surface area contributed by atoms with E-state index >= 15 is 0 Å². The molecule has 1 unspecified atom stereocenters. The van der Waals surface area contributed by atoms with E-state index in [1.807, 2.05) is 0 Å². The molecule has 1 atom stereocenters.